The van der Waals surface area contributed by atoms with E-state index in [2.05, 4.69) is 20.8 Å². The molecule has 0 heterocycles. The number of aliphatic hydroxyl groups is 1. The topological polar surface area (TPSA) is 20.2 Å². The summed E-state index contributed by atoms with van der Waals surface area (Å²) in [6.45, 7) is 6.39. The molecule has 106 valence electrons. The van der Waals surface area contributed by atoms with E-state index < -0.39 is 11.5 Å². The van der Waals surface area contributed by atoms with Gasteiger partial charge in [-0.25, -0.2) is 8.78 Å². The number of halogens is 2. The lowest BCUT2D eigenvalue weighted by atomic mass is 9.75. The number of alkyl halides is 2. The van der Waals surface area contributed by atoms with Gasteiger partial charge in [-0.2, -0.15) is 0 Å². The molecule has 1 nitrogen and oxygen atoms in total. The summed E-state index contributed by atoms with van der Waals surface area (Å²) in [7, 11) is 0. The molecule has 0 aromatic rings. The van der Waals surface area contributed by atoms with Crippen molar-refractivity contribution in [2.75, 3.05) is 0 Å². The van der Waals surface area contributed by atoms with Crippen molar-refractivity contribution >= 4 is 0 Å². The molecule has 3 heteroatoms. The number of hydrogen-bond acceptors (Lipinski definition) is 1. The van der Waals surface area contributed by atoms with Crippen LogP contribution < -0.4 is 0 Å². The van der Waals surface area contributed by atoms with E-state index >= 15 is 0 Å². The van der Waals surface area contributed by atoms with Crippen LogP contribution in [-0.2, 0) is 0 Å². The van der Waals surface area contributed by atoms with Gasteiger partial charge in [0.15, 0.2) is 0 Å². The highest BCUT2D eigenvalue weighted by Crippen LogP contribution is 2.52. The van der Waals surface area contributed by atoms with Crippen LogP contribution in [0.25, 0.3) is 0 Å². The molecular formula is C15H26F2O. The molecule has 2 fully saturated rings. The lowest BCUT2D eigenvalue weighted by Gasteiger charge is -2.36. The predicted octanol–water partition coefficient (Wildman–Crippen LogP) is 4.39. The van der Waals surface area contributed by atoms with Gasteiger partial charge in [0.2, 0.25) is 5.92 Å². The fourth-order valence-electron chi connectivity index (χ4n) is 4.32. The summed E-state index contributed by atoms with van der Waals surface area (Å²) in [5.41, 5.74) is -0.576. The minimum absolute atomic E-state index is 0.00454. The quantitative estimate of drug-likeness (QED) is 0.780. The molecule has 0 spiro atoms. The zero-order valence-electron chi connectivity index (χ0n) is 11.8. The summed E-state index contributed by atoms with van der Waals surface area (Å²) in [6.07, 6.45) is 3.77. The van der Waals surface area contributed by atoms with Crippen molar-refractivity contribution in [1.82, 2.24) is 0 Å². The monoisotopic (exact) mass is 260 g/mol. The Morgan fingerprint density at radius 1 is 1.22 bits per heavy atom. The van der Waals surface area contributed by atoms with Crippen LogP contribution >= 0.6 is 0 Å². The minimum atomic E-state index is -2.50. The second kappa shape index (κ2) is 4.43. The van der Waals surface area contributed by atoms with E-state index in [-0.39, 0.29) is 30.1 Å². The molecule has 1 N–H and O–H groups in total. The van der Waals surface area contributed by atoms with Gasteiger partial charge < -0.3 is 5.11 Å². The Morgan fingerprint density at radius 2 is 1.89 bits per heavy atom. The molecule has 0 aromatic carbocycles. The van der Waals surface area contributed by atoms with Gasteiger partial charge in [-0.05, 0) is 49.4 Å². The van der Waals surface area contributed by atoms with Gasteiger partial charge in [-0.15, -0.1) is 0 Å². The molecule has 2 rings (SSSR count). The third-order valence-electron chi connectivity index (χ3n) is 4.95. The van der Waals surface area contributed by atoms with Crippen LogP contribution in [0.1, 0.15) is 65.7 Å². The average Bonchev–Trinajstić information content (AvgIpc) is 2.32. The molecule has 0 amide bonds. The summed E-state index contributed by atoms with van der Waals surface area (Å²) in [5.74, 6) is -2.28. The maximum absolute atomic E-state index is 13.4. The first-order valence-corrected chi connectivity index (χ1v) is 7.22. The van der Waals surface area contributed by atoms with Gasteiger partial charge in [-0.3, -0.25) is 0 Å². The molecule has 2 aliphatic rings. The average molecular weight is 260 g/mol. The van der Waals surface area contributed by atoms with Crippen molar-refractivity contribution in [3.8, 4) is 0 Å². The van der Waals surface area contributed by atoms with Gasteiger partial charge in [0.25, 0.3) is 0 Å². The Kier molecular flexibility index (Phi) is 3.50. The molecule has 0 aliphatic heterocycles. The molecule has 18 heavy (non-hydrogen) atoms. The van der Waals surface area contributed by atoms with Crippen molar-refractivity contribution in [3.05, 3.63) is 0 Å². The van der Waals surface area contributed by atoms with E-state index in [0.717, 1.165) is 19.3 Å². The second-order valence-electron chi connectivity index (χ2n) is 7.57. The van der Waals surface area contributed by atoms with E-state index in [0.29, 0.717) is 12.8 Å². The Morgan fingerprint density at radius 3 is 2.39 bits per heavy atom. The molecule has 0 bridgehead atoms. The van der Waals surface area contributed by atoms with Crippen LogP contribution in [0.4, 0.5) is 8.78 Å². The third-order valence-corrected chi connectivity index (χ3v) is 4.95. The summed E-state index contributed by atoms with van der Waals surface area (Å²) in [5, 5.41) is 10.8. The molecule has 3 atom stereocenters. The maximum atomic E-state index is 13.4. The standard InChI is InChI=1S/C15H26F2O/c1-11-7-13(2,3)10-14(11,18)8-12-5-4-6-15(16,17)9-12/h11-12,18H,4-10H2,1-3H3. The molecule has 3 unspecified atom stereocenters. The first-order chi connectivity index (χ1) is 8.12. The zero-order chi connectivity index (χ0) is 13.6. The van der Waals surface area contributed by atoms with Crippen molar-refractivity contribution in [2.45, 2.75) is 77.2 Å². The maximum Gasteiger partial charge on any atom is 0.248 e. The minimum Gasteiger partial charge on any atom is -0.390 e. The molecular weight excluding hydrogens is 234 g/mol. The number of hydrogen-bond donors (Lipinski definition) is 1. The first-order valence-electron chi connectivity index (χ1n) is 7.22. The van der Waals surface area contributed by atoms with Gasteiger partial charge in [0.05, 0.1) is 5.60 Å². The van der Waals surface area contributed by atoms with Crippen molar-refractivity contribution < 1.29 is 13.9 Å². The Bertz CT molecular complexity index is 314. The van der Waals surface area contributed by atoms with Gasteiger partial charge in [0.1, 0.15) is 0 Å². The van der Waals surface area contributed by atoms with Crippen LogP contribution in [0.2, 0.25) is 0 Å². The van der Waals surface area contributed by atoms with Crippen molar-refractivity contribution in [1.29, 1.82) is 0 Å². The largest absolute Gasteiger partial charge is 0.390 e. The van der Waals surface area contributed by atoms with E-state index in [1.54, 1.807) is 0 Å². The highest BCUT2D eigenvalue weighted by Gasteiger charge is 2.49. The highest BCUT2D eigenvalue weighted by molar-refractivity contribution is 5.00. The fraction of sp³-hybridized carbons (Fsp3) is 1.00. The van der Waals surface area contributed by atoms with Crippen LogP contribution in [0, 0.1) is 17.3 Å². The number of rotatable bonds is 2. The predicted molar refractivity (Wildman–Crippen MR) is 68.7 cm³/mol. The Hall–Kier alpha value is -0.180. The molecule has 0 aromatic heterocycles. The SMILES string of the molecule is CC1CC(C)(C)CC1(O)CC1CCCC(F)(F)C1. The lowest BCUT2D eigenvalue weighted by molar-refractivity contribution is -0.0787. The first kappa shape index (κ1) is 14.2. The highest BCUT2D eigenvalue weighted by atomic mass is 19.3. The second-order valence-corrected chi connectivity index (χ2v) is 7.57. The van der Waals surface area contributed by atoms with Crippen LogP contribution in [-0.4, -0.2) is 16.6 Å². The fourth-order valence-corrected chi connectivity index (χ4v) is 4.32. The van der Waals surface area contributed by atoms with Crippen molar-refractivity contribution in [2.24, 2.45) is 17.3 Å². The molecule has 2 saturated carbocycles. The van der Waals surface area contributed by atoms with E-state index in [9.17, 15) is 13.9 Å². The van der Waals surface area contributed by atoms with Gasteiger partial charge in [0, 0.05) is 12.8 Å². The summed E-state index contributed by atoms with van der Waals surface area (Å²) < 4.78 is 26.8. The van der Waals surface area contributed by atoms with Crippen LogP contribution in [0.3, 0.4) is 0 Å². The molecule has 0 radical (unpaired) electrons. The van der Waals surface area contributed by atoms with E-state index in [1.165, 1.54) is 0 Å². The van der Waals surface area contributed by atoms with Gasteiger partial charge >= 0.3 is 0 Å². The van der Waals surface area contributed by atoms with E-state index in [1.807, 2.05) is 0 Å². The zero-order valence-corrected chi connectivity index (χ0v) is 11.8. The van der Waals surface area contributed by atoms with Gasteiger partial charge in [-0.1, -0.05) is 20.8 Å². The Labute approximate surface area is 109 Å². The lowest BCUT2D eigenvalue weighted by Crippen LogP contribution is -2.37. The third kappa shape index (κ3) is 3.04. The summed E-state index contributed by atoms with van der Waals surface area (Å²) in [6, 6.07) is 0. The van der Waals surface area contributed by atoms with Crippen molar-refractivity contribution in [3.63, 3.8) is 0 Å². The van der Waals surface area contributed by atoms with E-state index in [4.69, 9.17) is 0 Å². The molecule has 2 aliphatic carbocycles. The molecule has 0 saturated heterocycles. The summed E-state index contributed by atoms with van der Waals surface area (Å²) >= 11 is 0. The smallest absolute Gasteiger partial charge is 0.248 e. The Balaban J connectivity index is 2.00. The van der Waals surface area contributed by atoms with Crippen LogP contribution in [0.5, 0.6) is 0 Å². The van der Waals surface area contributed by atoms with Crippen LogP contribution in [0.15, 0.2) is 0 Å². The normalized spacial score (nSPS) is 43.0. The summed E-state index contributed by atoms with van der Waals surface area (Å²) in [4.78, 5) is 0.